The van der Waals surface area contributed by atoms with Gasteiger partial charge in [0, 0.05) is 19.0 Å². The molecule has 1 aromatic rings. The van der Waals surface area contributed by atoms with Gasteiger partial charge < -0.3 is 45.1 Å². The summed E-state index contributed by atoms with van der Waals surface area (Å²) in [5.74, 6) is -1.53. The molecule has 1 saturated heterocycles. The number of rotatable bonds is 39. The Hall–Kier alpha value is -5.14. The number of nitrogens with zero attached hydrogens (tertiary/aromatic N) is 2. The molecule has 0 radical (unpaired) electrons. The zero-order valence-corrected chi connectivity index (χ0v) is 44.9. The summed E-state index contributed by atoms with van der Waals surface area (Å²) in [6.45, 7) is 1.69. The lowest BCUT2D eigenvalue weighted by Gasteiger charge is -2.21. The summed E-state index contributed by atoms with van der Waals surface area (Å²) in [7, 11) is -10.9. The molecule has 1 fully saturated rings. The first kappa shape index (κ1) is 66.0. The Bertz CT molecular complexity index is 2300. The molecule has 1 aromatic heterocycles. The molecule has 7 N–H and O–H groups in total. The first-order chi connectivity index (χ1) is 36.1. The highest BCUT2D eigenvalue weighted by atomic mass is 31.3. The number of phosphoric ester groups is 2. The Morgan fingerprint density at radius 3 is 1.83 bits per heavy atom. The zero-order chi connectivity index (χ0) is 55.0. The van der Waals surface area contributed by atoms with Gasteiger partial charge in [0.1, 0.15) is 30.7 Å². The number of carbonyl (C=O) groups excluding carboxylic acids is 2. The molecule has 416 valence electrons. The lowest BCUT2D eigenvalue weighted by atomic mass is 10.1. The van der Waals surface area contributed by atoms with Gasteiger partial charge in [-0.3, -0.25) is 23.2 Å². The van der Waals surface area contributed by atoms with Gasteiger partial charge in [-0.25, -0.2) is 13.9 Å². The summed E-state index contributed by atoms with van der Waals surface area (Å²) >= 11 is 0. The van der Waals surface area contributed by atoms with E-state index >= 15 is 0 Å². The van der Waals surface area contributed by atoms with Gasteiger partial charge in [0.05, 0.1) is 19.3 Å². The van der Waals surface area contributed by atoms with E-state index in [9.17, 15) is 48.6 Å². The quantitative estimate of drug-likeness (QED) is 0.0118. The Labute approximate surface area is 441 Å². The fraction of sp³-hybridized carbons (Fsp3) is 0.481. The monoisotopic (exact) mass is 1090 g/mol. The van der Waals surface area contributed by atoms with Gasteiger partial charge >= 0.3 is 33.3 Å². The molecule has 0 saturated carbocycles. The number of phosphoric acid groups is 2. The third-order valence-corrected chi connectivity index (χ3v) is 12.9. The molecule has 0 bridgehead atoms. The lowest BCUT2D eigenvalue weighted by Crippen LogP contribution is -2.36. The van der Waals surface area contributed by atoms with Gasteiger partial charge in [-0.1, -0.05) is 148 Å². The Morgan fingerprint density at radius 1 is 0.707 bits per heavy atom. The van der Waals surface area contributed by atoms with Gasteiger partial charge in [0.2, 0.25) is 0 Å². The molecule has 2 heterocycles. The van der Waals surface area contributed by atoms with Crippen LogP contribution in [0.25, 0.3) is 0 Å². The summed E-state index contributed by atoms with van der Waals surface area (Å²) in [5, 5.41) is 31.0. The second-order valence-corrected chi connectivity index (χ2v) is 19.8. The van der Waals surface area contributed by atoms with E-state index in [-0.39, 0.29) is 25.1 Å². The van der Waals surface area contributed by atoms with Crippen LogP contribution < -0.4 is 11.4 Å². The van der Waals surface area contributed by atoms with Crippen molar-refractivity contribution in [2.75, 3.05) is 25.6 Å². The van der Waals surface area contributed by atoms with E-state index in [1.807, 2.05) is 54.7 Å². The lowest BCUT2D eigenvalue weighted by molar-refractivity contribution is -0.161. The second-order valence-electron chi connectivity index (χ2n) is 16.7. The van der Waals surface area contributed by atoms with E-state index in [4.69, 9.17) is 29.0 Å². The van der Waals surface area contributed by atoms with Crippen LogP contribution in [0.5, 0.6) is 0 Å². The van der Waals surface area contributed by atoms with E-state index in [0.29, 0.717) is 32.1 Å². The van der Waals surface area contributed by atoms with E-state index < -0.39 is 89.8 Å². The predicted molar refractivity (Wildman–Crippen MR) is 289 cm³/mol. The van der Waals surface area contributed by atoms with Gasteiger partial charge in [0.25, 0.3) is 0 Å². The van der Waals surface area contributed by atoms with Crippen molar-refractivity contribution in [2.45, 2.75) is 147 Å². The summed E-state index contributed by atoms with van der Waals surface area (Å²) in [6, 6.07) is 1.23. The number of hydrogen-bond donors (Lipinski definition) is 6. The van der Waals surface area contributed by atoms with E-state index in [1.165, 1.54) is 6.07 Å². The average molecular weight is 1090 g/mol. The van der Waals surface area contributed by atoms with Crippen LogP contribution >= 0.6 is 15.6 Å². The number of unbranched alkanes of at least 4 members (excludes halogenated alkanes) is 1. The van der Waals surface area contributed by atoms with Crippen molar-refractivity contribution in [3.8, 4) is 0 Å². The number of nitrogen functional groups attached to an aromatic ring is 1. The van der Waals surface area contributed by atoms with Gasteiger partial charge in [-0.15, -0.1) is 0 Å². The minimum atomic E-state index is -5.48. The largest absolute Gasteiger partial charge is 0.481 e. The van der Waals surface area contributed by atoms with Crippen LogP contribution in [0.15, 0.2) is 151 Å². The number of aromatic nitrogens is 2. The summed E-state index contributed by atoms with van der Waals surface area (Å²) in [5.41, 5.74) is 4.57. The number of aliphatic hydroxyl groups is 3. The molecule has 0 spiro atoms. The standard InChI is InChI=1S/C54H79N3O16P2/c1-3-5-7-9-11-12-13-14-15-16-17-18-19-20-21-22-27-31-35-39-50(60)71-46(42-68-49(59)38-34-30-26-24-23-25-29-33-37-45(58)36-32-28-10-8-6-4-2)43-69-74(64,65)73-75(66,67)70-44-47-51(61)52(62)53(72-47)57-41-40-48(55)56-54(57)63/h5-8,11-12,14-15,17-18,20-21,24-29,31-33,37,40-41,45-47,51-53,58,61-62H,3-4,9-10,13,16,19,22-23,30,34-36,38-39,42-44H2,1-2H3,(H,64,65)(H,66,67)(H2,55,56,63)/b7-5-,8-6-,12-11-,15-14-,18-17-,21-20-,26-24-,29-25-,31-27-,32-28-,37-33+/t45?,46-,47-,51-,52-,53-/m1/s1. The topological polar surface area (TPSA) is 286 Å². The highest BCUT2D eigenvalue weighted by Crippen LogP contribution is 2.60. The number of hydrogen-bond acceptors (Lipinski definition) is 16. The Morgan fingerprint density at radius 2 is 1.24 bits per heavy atom. The van der Waals surface area contributed by atoms with Crippen LogP contribution in [-0.2, 0) is 46.3 Å². The molecule has 0 aliphatic carbocycles. The maximum atomic E-state index is 12.9. The predicted octanol–water partition coefficient (Wildman–Crippen LogP) is 9.52. The van der Waals surface area contributed by atoms with Crippen molar-refractivity contribution in [1.29, 1.82) is 0 Å². The molecule has 75 heavy (non-hydrogen) atoms. The van der Waals surface area contributed by atoms with Crippen LogP contribution in [0.2, 0.25) is 0 Å². The molecule has 2 rings (SSSR count). The molecule has 19 nitrogen and oxygen atoms in total. The number of aliphatic hydroxyl groups excluding tert-OH is 3. The van der Waals surface area contributed by atoms with Gasteiger partial charge in [-0.2, -0.15) is 9.29 Å². The molecule has 21 heteroatoms. The maximum absolute atomic E-state index is 12.9. The SMILES string of the molecule is CC/C=C\C/C=C\C/C=C\C/C=C\C/C=C\C/C=C\CCC(=O)O[C@H](COC(=O)CCC/C=C\C/C=C\C=C\C(O)C/C=C\C/C=C\CC)COP(=O)(O)OP(=O)(O)OC[C@H]1O[C@@H](n2ccc(N)nc2=O)[C@H](O)[C@@H]1O. The highest BCUT2D eigenvalue weighted by Gasteiger charge is 2.46. The molecular formula is C54H79N3O16P2. The minimum absolute atomic E-state index is 0.00816. The third kappa shape index (κ3) is 32.8. The summed E-state index contributed by atoms with van der Waals surface area (Å²) < 4.78 is 56.6. The minimum Gasteiger partial charge on any atom is -0.462 e. The Kier molecular flexibility index (Phi) is 35.3. The molecule has 0 amide bonds. The maximum Gasteiger partial charge on any atom is 0.481 e. The van der Waals surface area contributed by atoms with Gasteiger partial charge in [0.15, 0.2) is 12.3 Å². The number of anilines is 1. The fourth-order valence-corrected chi connectivity index (χ4v) is 8.57. The molecule has 1 aliphatic rings. The summed E-state index contributed by atoms with van der Waals surface area (Å²) in [4.78, 5) is 61.9. The van der Waals surface area contributed by atoms with Crippen LogP contribution in [-0.4, -0.2) is 96.9 Å². The van der Waals surface area contributed by atoms with Crippen LogP contribution in [0.3, 0.4) is 0 Å². The van der Waals surface area contributed by atoms with E-state index in [0.717, 1.165) is 55.7 Å². The molecule has 3 unspecified atom stereocenters. The van der Waals surface area contributed by atoms with Crippen LogP contribution in [0.4, 0.5) is 5.82 Å². The smallest absolute Gasteiger partial charge is 0.462 e. The van der Waals surface area contributed by atoms with Crippen molar-refractivity contribution in [3.05, 3.63) is 156 Å². The highest BCUT2D eigenvalue weighted by molar-refractivity contribution is 7.61. The molecule has 0 aromatic carbocycles. The van der Waals surface area contributed by atoms with Crippen molar-refractivity contribution in [3.63, 3.8) is 0 Å². The van der Waals surface area contributed by atoms with Crippen LogP contribution in [0.1, 0.15) is 116 Å². The number of nitrogens with two attached hydrogens (primary N) is 1. The van der Waals surface area contributed by atoms with Crippen molar-refractivity contribution in [2.24, 2.45) is 0 Å². The average Bonchev–Trinajstić information content (AvgIpc) is 3.64. The molecular weight excluding hydrogens is 1010 g/mol. The number of esters is 2. The van der Waals surface area contributed by atoms with Gasteiger partial charge in [-0.05, 0) is 89.5 Å². The second kappa shape index (κ2) is 40.2. The first-order valence-electron chi connectivity index (χ1n) is 25.3. The fourth-order valence-electron chi connectivity index (χ4n) is 6.46. The normalized spacial score (nSPS) is 20.3. The van der Waals surface area contributed by atoms with E-state index in [1.54, 1.807) is 18.2 Å². The van der Waals surface area contributed by atoms with Crippen LogP contribution in [0, 0.1) is 0 Å². The number of carbonyl (C=O) groups is 2. The third-order valence-electron chi connectivity index (χ3n) is 10.3. The first-order valence-corrected chi connectivity index (χ1v) is 28.3. The van der Waals surface area contributed by atoms with Crippen molar-refractivity contribution in [1.82, 2.24) is 9.55 Å². The van der Waals surface area contributed by atoms with Crippen molar-refractivity contribution < 1.29 is 71.4 Å². The summed E-state index contributed by atoms with van der Waals surface area (Å²) in [6.07, 6.45) is 45.8. The Balaban J connectivity index is 1.88. The molecule has 8 atom stereocenters. The van der Waals surface area contributed by atoms with Crippen molar-refractivity contribution >= 4 is 33.4 Å². The number of allylic oxidation sites excluding steroid dienone is 20. The number of ether oxygens (including phenoxy) is 3. The van der Waals surface area contributed by atoms with E-state index in [2.05, 4.69) is 83.9 Å². The zero-order valence-electron chi connectivity index (χ0n) is 43.1. The molecule has 1 aliphatic heterocycles.